The van der Waals surface area contributed by atoms with E-state index < -0.39 is 0 Å². The molecule has 1 aliphatic heterocycles. The summed E-state index contributed by atoms with van der Waals surface area (Å²) in [5.74, 6) is 0. The second-order valence-corrected chi connectivity index (χ2v) is 5.72. The highest BCUT2D eigenvalue weighted by molar-refractivity contribution is 7.80. The Kier molecular flexibility index (Phi) is 6.92. The van der Waals surface area contributed by atoms with Crippen LogP contribution in [0.25, 0.3) is 0 Å². The van der Waals surface area contributed by atoms with Crippen LogP contribution in [0, 0.1) is 6.92 Å². The highest BCUT2D eigenvalue weighted by atomic mass is 32.1. The van der Waals surface area contributed by atoms with Crippen LogP contribution in [-0.2, 0) is 9.47 Å². The molecule has 1 fully saturated rings. The van der Waals surface area contributed by atoms with Crippen molar-refractivity contribution in [2.75, 3.05) is 31.7 Å². The smallest absolute Gasteiger partial charge is 0.170 e. The summed E-state index contributed by atoms with van der Waals surface area (Å²) >= 11 is 5.25. The van der Waals surface area contributed by atoms with Crippen molar-refractivity contribution < 1.29 is 9.47 Å². The van der Waals surface area contributed by atoms with Crippen molar-refractivity contribution in [3.63, 3.8) is 0 Å². The van der Waals surface area contributed by atoms with Crippen LogP contribution in [0.1, 0.15) is 24.8 Å². The molecule has 0 radical (unpaired) electrons. The summed E-state index contributed by atoms with van der Waals surface area (Å²) in [7, 11) is 0. The van der Waals surface area contributed by atoms with Gasteiger partial charge in [-0.15, -0.1) is 0 Å². The molecule has 0 aliphatic carbocycles. The molecule has 4 nitrogen and oxygen atoms in total. The Bertz CT molecular complexity index is 430. The zero-order chi connectivity index (χ0) is 14.9. The molecule has 0 aromatic heterocycles. The third kappa shape index (κ3) is 6.42. The van der Waals surface area contributed by atoms with Crippen LogP contribution >= 0.6 is 12.2 Å². The van der Waals surface area contributed by atoms with Gasteiger partial charge in [0.15, 0.2) is 5.11 Å². The maximum atomic E-state index is 5.60. The molecule has 1 atom stereocenters. The first-order valence-electron chi connectivity index (χ1n) is 7.55. The SMILES string of the molecule is Cc1ccc(NC(=S)NCCCOC[C@@H]2CCCO2)cc1. The van der Waals surface area contributed by atoms with E-state index in [9.17, 15) is 0 Å². The molecule has 116 valence electrons. The zero-order valence-electron chi connectivity index (χ0n) is 12.6. The summed E-state index contributed by atoms with van der Waals surface area (Å²) in [6.45, 7) is 5.21. The fourth-order valence-corrected chi connectivity index (χ4v) is 2.40. The van der Waals surface area contributed by atoms with Crippen LogP contribution in [0.5, 0.6) is 0 Å². The molecule has 2 N–H and O–H groups in total. The van der Waals surface area contributed by atoms with Gasteiger partial charge in [-0.05, 0) is 50.5 Å². The predicted octanol–water partition coefficient (Wildman–Crippen LogP) is 2.87. The lowest BCUT2D eigenvalue weighted by Crippen LogP contribution is -2.30. The molecule has 5 heteroatoms. The Balaban J connectivity index is 1.49. The average molecular weight is 308 g/mol. The Hall–Kier alpha value is -1.17. The van der Waals surface area contributed by atoms with E-state index in [1.54, 1.807) is 0 Å². The molecule has 1 saturated heterocycles. The second kappa shape index (κ2) is 8.97. The molecule has 1 heterocycles. The Morgan fingerprint density at radius 2 is 2.19 bits per heavy atom. The van der Waals surface area contributed by atoms with Crippen LogP contribution < -0.4 is 10.6 Å². The van der Waals surface area contributed by atoms with Crippen LogP contribution in [0.4, 0.5) is 5.69 Å². The van der Waals surface area contributed by atoms with Gasteiger partial charge in [-0.2, -0.15) is 0 Å². The quantitative estimate of drug-likeness (QED) is 0.599. The van der Waals surface area contributed by atoms with Gasteiger partial charge < -0.3 is 20.1 Å². The minimum Gasteiger partial charge on any atom is -0.379 e. The molecule has 0 saturated carbocycles. The second-order valence-electron chi connectivity index (χ2n) is 5.31. The maximum Gasteiger partial charge on any atom is 0.170 e. The highest BCUT2D eigenvalue weighted by Crippen LogP contribution is 2.11. The van der Waals surface area contributed by atoms with E-state index in [2.05, 4.69) is 29.7 Å². The molecule has 1 aromatic rings. The van der Waals surface area contributed by atoms with Gasteiger partial charge in [0.1, 0.15) is 0 Å². The third-order valence-corrected chi connectivity index (χ3v) is 3.63. The van der Waals surface area contributed by atoms with E-state index in [1.165, 1.54) is 5.56 Å². The first kappa shape index (κ1) is 16.2. The molecule has 0 bridgehead atoms. The number of nitrogens with one attached hydrogen (secondary N) is 2. The van der Waals surface area contributed by atoms with Crippen molar-refractivity contribution in [3.8, 4) is 0 Å². The van der Waals surface area contributed by atoms with Crippen LogP contribution in [0.3, 0.4) is 0 Å². The number of hydrogen-bond donors (Lipinski definition) is 2. The van der Waals surface area contributed by atoms with Gasteiger partial charge in [-0.1, -0.05) is 17.7 Å². The molecular weight excluding hydrogens is 284 g/mol. The van der Waals surface area contributed by atoms with Crippen molar-refractivity contribution in [3.05, 3.63) is 29.8 Å². The van der Waals surface area contributed by atoms with Crippen molar-refractivity contribution in [2.24, 2.45) is 0 Å². The Morgan fingerprint density at radius 1 is 1.38 bits per heavy atom. The van der Waals surface area contributed by atoms with E-state index in [-0.39, 0.29) is 0 Å². The number of anilines is 1. The number of hydrogen-bond acceptors (Lipinski definition) is 3. The molecule has 2 rings (SSSR count). The summed E-state index contributed by atoms with van der Waals surface area (Å²) in [4.78, 5) is 0. The predicted molar refractivity (Wildman–Crippen MR) is 89.8 cm³/mol. The first-order valence-corrected chi connectivity index (χ1v) is 7.96. The van der Waals surface area contributed by atoms with Gasteiger partial charge in [-0.25, -0.2) is 0 Å². The van der Waals surface area contributed by atoms with Crippen molar-refractivity contribution >= 4 is 23.0 Å². The molecule has 0 amide bonds. The lowest BCUT2D eigenvalue weighted by Gasteiger charge is -2.12. The normalized spacial score (nSPS) is 17.7. The fourth-order valence-electron chi connectivity index (χ4n) is 2.18. The largest absolute Gasteiger partial charge is 0.379 e. The monoisotopic (exact) mass is 308 g/mol. The molecule has 21 heavy (non-hydrogen) atoms. The van der Waals surface area contributed by atoms with Gasteiger partial charge in [0.2, 0.25) is 0 Å². The summed E-state index contributed by atoms with van der Waals surface area (Å²) in [6.07, 6.45) is 3.53. The number of rotatable bonds is 7. The Labute approximate surface area is 132 Å². The van der Waals surface area contributed by atoms with E-state index in [0.29, 0.717) is 17.8 Å². The first-order chi connectivity index (χ1) is 10.2. The number of aryl methyl sites for hydroxylation is 1. The summed E-state index contributed by atoms with van der Waals surface area (Å²) < 4.78 is 11.1. The van der Waals surface area contributed by atoms with Crippen LogP contribution in [-0.4, -0.2) is 37.6 Å². The minimum absolute atomic E-state index is 0.308. The van der Waals surface area contributed by atoms with E-state index in [0.717, 1.165) is 44.7 Å². The van der Waals surface area contributed by atoms with Crippen molar-refractivity contribution in [1.29, 1.82) is 0 Å². The summed E-state index contributed by atoms with van der Waals surface area (Å²) in [5, 5.41) is 7.00. The molecule has 0 spiro atoms. The van der Waals surface area contributed by atoms with Gasteiger partial charge in [-0.3, -0.25) is 0 Å². The number of ether oxygens (including phenoxy) is 2. The standard InChI is InChI=1S/C16H24N2O2S/c1-13-5-7-14(8-6-13)18-16(21)17-9-3-10-19-12-15-4-2-11-20-15/h5-8,15H,2-4,9-12H2,1H3,(H2,17,18,21)/t15-/m0/s1. The topological polar surface area (TPSA) is 42.5 Å². The number of benzene rings is 1. The minimum atomic E-state index is 0.308. The average Bonchev–Trinajstić information content (AvgIpc) is 2.98. The molecule has 0 unspecified atom stereocenters. The highest BCUT2D eigenvalue weighted by Gasteiger charge is 2.14. The summed E-state index contributed by atoms with van der Waals surface area (Å²) in [5.41, 5.74) is 2.25. The van der Waals surface area contributed by atoms with Gasteiger partial charge >= 0.3 is 0 Å². The molecule has 1 aliphatic rings. The third-order valence-electron chi connectivity index (χ3n) is 3.39. The fraction of sp³-hybridized carbons (Fsp3) is 0.562. The van der Waals surface area contributed by atoms with Crippen molar-refractivity contribution in [1.82, 2.24) is 5.32 Å². The molecular formula is C16H24N2O2S. The van der Waals surface area contributed by atoms with Crippen LogP contribution in [0.15, 0.2) is 24.3 Å². The molecule has 1 aromatic carbocycles. The van der Waals surface area contributed by atoms with E-state index >= 15 is 0 Å². The van der Waals surface area contributed by atoms with Gasteiger partial charge in [0.05, 0.1) is 12.7 Å². The van der Waals surface area contributed by atoms with Gasteiger partial charge in [0, 0.05) is 25.4 Å². The van der Waals surface area contributed by atoms with Gasteiger partial charge in [0.25, 0.3) is 0 Å². The van der Waals surface area contributed by atoms with Crippen LogP contribution in [0.2, 0.25) is 0 Å². The lowest BCUT2D eigenvalue weighted by molar-refractivity contribution is 0.0168. The zero-order valence-corrected chi connectivity index (χ0v) is 13.4. The number of thiocarbonyl (C=S) groups is 1. The van der Waals surface area contributed by atoms with E-state index in [4.69, 9.17) is 21.7 Å². The Morgan fingerprint density at radius 3 is 2.90 bits per heavy atom. The summed E-state index contributed by atoms with van der Waals surface area (Å²) in [6, 6.07) is 8.16. The van der Waals surface area contributed by atoms with Crippen molar-refractivity contribution in [2.45, 2.75) is 32.3 Å². The van der Waals surface area contributed by atoms with E-state index in [1.807, 2.05) is 12.1 Å². The lowest BCUT2D eigenvalue weighted by atomic mass is 10.2. The maximum absolute atomic E-state index is 5.60.